The van der Waals surface area contributed by atoms with Crippen LogP contribution < -0.4 is 0 Å². The lowest BCUT2D eigenvalue weighted by atomic mass is 10.1. The van der Waals surface area contributed by atoms with Crippen LogP contribution in [-0.2, 0) is 0 Å². The van der Waals surface area contributed by atoms with E-state index in [0.29, 0.717) is 0 Å². The van der Waals surface area contributed by atoms with Gasteiger partial charge in [-0.05, 0) is 53.2 Å². The maximum Gasteiger partial charge on any atom is 0.146 e. The molecule has 0 aliphatic rings. The van der Waals surface area contributed by atoms with Gasteiger partial charge < -0.3 is 4.57 Å². The van der Waals surface area contributed by atoms with Crippen LogP contribution in [0.2, 0.25) is 0 Å². The number of para-hydroxylation sites is 3. The number of pyridine rings is 1. The van der Waals surface area contributed by atoms with Gasteiger partial charge in [-0.15, -0.1) is 0 Å². The fourth-order valence-corrected chi connectivity index (χ4v) is 5.67. The van der Waals surface area contributed by atoms with Gasteiger partial charge in [-0.2, -0.15) is 0 Å². The lowest BCUT2D eigenvalue weighted by Gasteiger charge is -2.09. The highest BCUT2D eigenvalue weighted by molar-refractivity contribution is 6.15. The topological polar surface area (TPSA) is 22.8 Å². The van der Waals surface area contributed by atoms with Gasteiger partial charge in [-0.3, -0.25) is 4.57 Å². The van der Waals surface area contributed by atoms with E-state index in [0.717, 1.165) is 38.8 Å². The SMILES string of the molecule is c1ccc(-n2c3ccccc3c3cc4c(nc32)c2ccccc2n4-c2ccc3ccccc3c2)cc1. The third-order valence-corrected chi connectivity index (χ3v) is 7.28. The summed E-state index contributed by atoms with van der Waals surface area (Å²) in [6.45, 7) is 0. The van der Waals surface area contributed by atoms with Crippen LogP contribution in [0.4, 0.5) is 0 Å². The van der Waals surface area contributed by atoms with Crippen LogP contribution in [0, 0.1) is 0 Å². The number of rotatable bonds is 2. The zero-order chi connectivity index (χ0) is 23.6. The average Bonchev–Trinajstić information content (AvgIpc) is 3.44. The molecule has 0 atom stereocenters. The van der Waals surface area contributed by atoms with Gasteiger partial charge in [0.1, 0.15) is 5.65 Å². The summed E-state index contributed by atoms with van der Waals surface area (Å²) in [5.41, 5.74) is 7.72. The first-order valence-electron chi connectivity index (χ1n) is 12.2. The van der Waals surface area contributed by atoms with E-state index >= 15 is 0 Å². The van der Waals surface area contributed by atoms with Crippen LogP contribution in [0.25, 0.3) is 66.0 Å². The Morgan fingerprint density at radius 1 is 0.417 bits per heavy atom. The quantitative estimate of drug-likeness (QED) is 0.254. The second kappa shape index (κ2) is 7.30. The molecule has 0 spiro atoms. The second-order valence-corrected chi connectivity index (χ2v) is 9.30. The molecule has 8 rings (SSSR count). The molecule has 3 heteroatoms. The number of hydrogen-bond acceptors (Lipinski definition) is 1. The molecule has 0 saturated carbocycles. The van der Waals surface area contributed by atoms with Gasteiger partial charge in [0.05, 0.1) is 22.1 Å². The van der Waals surface area contributed by atoms with Crippen LogP contribution in [0.15, 0.2) is 127 Å². The minimum Gasteiger partial charge on any atom is -0.308 e. The first-order valence-corrected chi connectivity index (χ1v) is 12.2. The summed E-state index contributed by atoms with van der Waals surface area (Å²) in [5.74, 6) is 0. The molecule has 5 aromatic carbocycles. The van der Waals surface area contributed by atoms with Gasteiger partial charge in [0.15, 0.2) is 0 Å². The van der Waals surface area contributed by atoms with Gasteiger partial charge >= 0.3 is 0 Å². The molecule has 0 radical (unpaired) electrons. The Morgan fingerprint density at radius 2 is 1.08 bits per heavy atom. The maximum absolute atomic E-state index is 5.37. The van der Waals surface area contributed by atoms with Crippen molar-refractivity contribution in [2.24, 2.45) is 0 Å². The largest absolute Gasteiger partial charge is 0.308 e. The van der Waals surface area contributed by atoms with Crippen LogP contribution in [-0.4, -0.2) is 14.1 Å². The van der Waals surface area contributed by atoms with Crippen LogP contribution >= 0.6 is 0 Å². The van der Waals surface area contributed by atoms with E-state index in [1.165, 1.54) is 27.2 Å². The van der Waals surface area contributed by atoms with Gasteiger partial charge in [-0.1, -0.05) is 84.9 Å². The third-order valence-electron chi connectivity index (χ3n) is 7.28. The van der Waals surface area contributed by atoms with Crippen molar-refractivity contribution in [2.75, 3.05) is 0 Å². The molecule has 0 saturated heterocycles. The minimum atomic E-state index is 0.983. The molecular formula is C33H21N3. The molecule has 0 fully saturated rings. The molecule has 0 amide bonds. The first kappa shape index (κ1) is 19.4. The summed E-state index contributed by atoms with van der Waals surface area (Å²) in [4.78, 5) is 5.37. The molecular weight excluding hydrogens is 438 g/mol. The second-order valence-electron chi connectivity index (χ2n) is 9.30. The molecule has 0 aliphatic carbocycles. The number of aromatic nitrogens is 3. The summed E-state index contributed by atoms with van der Waals surface area (Å²) < 4.78 is 4.64. The van der Waals surface area contributed by atoms with Crippen molar-refractivity contribution >= 4 is 54.6 Å². The molecule has 3 heterocycles. The van der Waals surface area contributed by atoms with E-state index in [1.807, 2.05) is 0 Å². The highest BCUT2D eigenvalue weighted by Crippen LogP contribution is 2.37. The van der Waals surface area contributed by atoms with Gasteiger partial charge in [0.2, 0.25) is 0 Å². The highest BCUT2D eigenvalue weighted by atomic mass is 15.1. The zero-order valence-electron chi connectivity index (χ0n) is 19.5. The molecule has 0 unspecified atom stereocenters. The Labute approximate surface area is 207 Å². The fourth-order valence-electron chi connectivity index (χ4n) is 5.67. The van der Waals surface area contributed by atoms with E-state index < -0.39 is 0 Å². The summed E-state index contributed by atoms with van der Waals surface area (Å²) in [6.07, 6.45) is 0. The number of benzene rings is 5. The summed E-state index contributed by atoms with van der Waals surface area (Å²) in [7, 11) is 0. The Morgan fingerprint density at radius 3 is 1.92 bits per heavy atom. The van der Waals surface area contributed by atoms with Crippen molar-refractivity contribution in [1.82, 2.24) is 14.1 Å². The number of hydrogen-bond donors (Lipinski definition) is 0. The monoisotopic (exact) mass is 459 g/mol. The average molecular weight is 460 g/mol. The van der Waals surface area contributed by atoms with Crippen LogP contribution in [0.5, 0.6) is 0 Å². The van der Waals surface area contributed by atoms with E-state index in [4.69, 9.17) is 4.98 Å². The number of nitrogens with zero attached hydrogens (tertiary/aromatic N) is 3. The van der Waals surface area contributed by atoms with Crippen molar-refractivity contribution in [3.8, 4) is 11.4 Å². The maximum atomic E-state index is 5.37. The van der Waals surface area contributed by atoms with Gasteiger partial charge in [0, 0.05) is 27.5 Å². The molecule has 0 bridgehead atoms. The molecule has 3 nitrogen and oxygen atoms in total. The lowest BCUT2D eigenvalue weighted by molar-refractivity contribution is 1.14. The molecule has 36 heavy (non-hydrogen) atoms. The Kier molecular flexibility index (Phi) is 3.94. The zero-order valence-corrected chi connectivity index (χ0v) is 19.5. The summed E-state index contributed by atoms with van der Waals surface area (Å²) in [5, 5.41) is 6.00. The lowest BCUT2D eigenvalue weighted by Crippen LogP contribution is -1.96. The van der Waals surface area contributed by atoms with Crippen molar-refractivity contribution in [2.45, 2.75) is 0 Å². The molecule has 8 aromatic rings. The van der Waals surface area contributed by atoms with E-state index in [9.17, 15) is 0 Å². The first-order chi connectivity index (χ1) is 17.9. The summed E-state index contributed by atoms with van der Waals surface area (Å²) in [6, 6.07) is 45.3. The third kappa shape index (κ3) is 2.65. The van der Waals surface area contributed by atoms with Crippen molar-refractivity contribution in [3.63, 3.8) is 0 Å². The van der Waals surface area contributed by atoms with E-state index in [1.54, 1.807) is 0 Å². The van der Waals surface area contributed by atoms with Gasteiger partial charge in [0.25, 0.3) is 0 Å². The standard InChI is InChI=1S/C33H21N3/c1-2-12-24(13-3-1)36-29-16-8-6-14-26(29)28-21-31-32(34-33(28)36)27-15-7-9-17-30(27)35(31)25-19-18-22-10-4-5-11-23(22)20-25/h1-21H. The normalized spacial score (nSPS) is 11.9. The van der Waals surface area contributed by atoms with Gasteiger partial charge in [-0.25, -0.2) is 4.98 Å². The predicted octanol–water partition coefficient (Wildman–Crippen LogP) is 8.43. The Bertz CT molecular complexity index is 2100. The smallest absolute Gasteiger partial charge is 0.146 e. The molecule has 168 valence electrons. The highest BCUT2D eigenvalue weighted by Gasteiger charge is 2.19. The van der Waals surface area contributed by atoms with E-state index in [2.05, 4.69) is 137 Å². The molecule has 0 aliphatic heterocycles. The van der Waals surface area contributed by atoms with Crippen molar-refractivity contribution in [1.29, 1.82) is 0 Å². The summed E-state index contributed by atoms with van der Waals surface area (Å²) >= 11 is 0. The molecule has 0 N–H and O–H groups in total. The van der Waals surface area contributed by atoms with Crippen LogP contribution in [0.3, 0.4) is 0 Å². The van der Waals surface area contributed by atoms with Crippen molar-refractivity contribution in [3.05, 3.63) is 127 Å². The Balaban J connectivity index is 1.54. The predicted molar refractivity (Wildman–Crippen MR) is 150 cm³/mol. The fraction of sp³-hybridized carbons (Fsp3) is 0. The number of fused-ring (bicyclic) bond motifs is 7. The minimum absolute atomic E-state index is 0.983. The van der Waals surface area contributed by atoms with E-state index in [-0.39, 0.29) is 0 Å². The van der Waals surface area contributed by atoms with Crippen molar-refractivity contribution < 1.29 is 0 Å². The van der Waals surface area contributed by atoms with Crippen LogP contribution in [0.1, 0.15) is 0 Å². The Hall–Kier alpha value is -4.89. The molecule has 3 aromatic heterocycles.